The Balaban J connectivity index is 2.13. The van der Waals surface area contributed by atoms with E-state index in [0.29, 0.717) is 6.54 Å². The largest absolute Gasteiger partial charge is 0.496 e. The Kier molecular flexibility index (Phi) is 4.21. The van der Waals surface area contributed by atoms with Gasteiger partial charge in [-0.1, -0.05) is 19.3 Å². The molecule has 3 rings (SSSR count). The lowest BCUT2D eigenvalue weighted by Crippen LogP contribution is -2.38. The van der Waals surface area contributed by atoms with Crippen molar-refractivity contribution in [2.75, 3.05) is 13.7 Å². The number of halogens is 1. The van der Waals surface area contributed by atoms with E-state index in [9.17, 15) is 0 Å². The Morgan fingerprint density at radius 1 is 1.10 bits per heavy atom. The maximum absolute atomic E-state index is 15.2. The van der Waals surface area contributed by atoms with Gasteiger partial charge in [0.2, 0.25) is 0 Å². The predicted octanol–water partition coefficient (Wildman–Crippen LogP) is 3.87. The fourth-order valence-electron chi connectivity index (χ4n) is 4.24. The summed E-state index contributed by atoms with van der Waals surface area (Å²) < 4.78 is 20.8. The van der Waals surface area contributed by atoms with E-state index in [2.05, 4.69) is 0 Å². The molecule has 2 nitrogen and oxygen atoms in total. The lowest BCUT2D eigenvalue weighted by atomic mass is 9.68. The molecule has 116 valence electrons. The van der Waals surface area contributed by atoms with Crippen LogP contribution in [-0.2, 0) is 18.3 Å². The van der Waals surface area contributed by atoms with Gasteiger partial charge in [-0.25, -0.2) is 4.39 Å². The summed E-state index contributed by atoms with van der Waals surface area (Å²) in [5, 5.41) is 0. The Labute approximate surface area is 126 Å². The van der Waals surface area contributed by atoms with Gasteiger partial charge in [-0.3, -0.25) is 0 Å². The lowest BCUT2D eigenvalue weighted by molar-refractivity contribution is 0.288. The molecular formula is C18H26FNO. The molecule has 3 heteroatoms. The highest BCUT2D eigenvalue weighted by Gasteiger charge is 2.37. The van der Waals surface area contributed by atoms with Gasteiger partial charge in [0.05, 0.1) is 7.11 Å². The van der Waals surface area contributed by atoms with Crippen LogP contribution in [0.4, 0.5) is 4.39 Å². The zero-order valence-electron chi connectivity index (χ0n) is 13.0. The standard InChI is InChI=1S/C18H26FNO/c1-21-16-11-15(18(12-20)9-5-2-6-10-18)17(19)14-8-4-3-7-13(14)16/h11H,2-10,12,20H2,1H3. The van der Waals surface area contributed by atoms with Crippen molar-refractivity contribution < 1.29 is 9.13 Å². The van der Waals surface area contributed by atoms with Gasteiger partial charge in [-0.2, -0.15) is 0 Å². The van der Waals surface area contributed by atoms with Gasteiger partial charge in [0.15, 0.2) is 0 Å². The molecule has 0 saturated heterocycles. The van der Waals surface area contributed by atoms with Gasteiger partial charge in [-0.05, 0) is 55.7 Å². The normalized spacial score (nSPS) is 20.9. The molecule has 0 radical (unpaired) electrons. The van der Waals surface area contributed by atoms with Crippen LogP contribution in [-0.4, -0.2) is 13.7 Å². The van der Waals surface area contributed by atoms with Gasteiger partial charge < -0.3 is 10.5 Å². The fraction of sp³-hybridized carbons (Fsp3) is 0.667. The first kappa shape index (κ1) is 14.8. The smallest absolute Gasteiger partial charge is 0.130 e. The average molecular weight is 291 g/mol. The minimum Gasteiger partial charge on any atom is -0.496 e. The second kappa shape index (κ2) is 5.96. The molecule has 0 heterocycles. The van der Waals surface area contributed by atoms with Crippen molar-refractivity contribution in [2.24, 2.45) is 5.73 Å². The summed E-state index contributed by atoms with van der Waals surface area (Å²) in [5.74, 6) is 0.886. The first-order chi connectivity index (χ1) is 10.2. The van der Waals surface area contributed by atoms with Crippen molar-refractivity contribution >= 4 is 0 Å². The van der Waals surface area contributed by atoms with E-state index in [4.69, 9.17) is 10.5 Å². The Morgan fingerprint density at radius 3 is 2.38 bits per heavy atom. The average Bonchev–Trinajstić information content (AvgIpc) is 2.56. The zero-order chi connectivity index (χ0) is 14.9. The van der Waals surface area contributed by atoms with E-state index in [-0.39, 0.29) is 11.2 Å². The molecular weight excluding hydrogens is 265 g/mol. The molecule has 1 aromatic carbocycles. The maximum Gasteiger partial charge on any atom is 0.130 e. The van der Waals surface area contributed by atoms with Crippen LogP contribution >= 0.6 is 0 Å². The van der Waals surface area contributed by atoms with Gasteiger partial charge >= 0.3 is 0 Å². The Morgan fingerprint density at radius 2 is 1.76 bits per heavy atom. The van der Waals surface area contributed by atoms with Crippen LogP contribution in [0, 0.1) is 5.82 Å². The van der Waals surface area contributed by atoms with Crippen molar-refractivity contribution in [1.29, 1.82) is 0 Å². The SMILES string of the molecule is COc1cc(C2(CN)CCCCC2)c(F)c2c1CCCC2. The fourth-order valence-corrected chi connectivity index (χ4v) is 4.24. The van der Waals surface area contributed by atoms with Crippen molar-refractivity contribution in [3.05, 3.63) is 28.6 Å². The third-order valence-electron chi connectivity index (χ3n) is 5.53. The second-order valence-corrected chi connectivity index (χ2v) is 6.65. The number of hydrogen-bond donors (Lipinski definition) is 1. The molecule has 1 fully saturated rings. The minimum atomic E-state index is -0.178. The highest BCUT2D eigenvalue weighted by atomic mass is 19.1. The Bertz CT molecular complexity index is 520. The van der Waals surface area contributed by atoms with Crippen molar-refractivity contribution in [2.45, 2.75) is 63.2 Å². The van der Waals surface area contributed by atoms with Crippen LogP contribution in [0.3, 0.4) is 0 Å². The van der Waals surface area contributed by atoms with Gasteiger partial charge in [0, 0.05) is 17.5 Å². The van der Waals surface area contributed by atoms with Gasteiger partial charge in [0.25, 0.3) is 0 Å². The molecule has 1 saturated carbocycles. The van der Waals surface area contributed by atoms with Crippen LogP contribution in [0.5, 0.6) is 5.75 Å². The van der Waals surface area contributed by atoms with E-state index in [1.165, 1.54) is 6.42 Å². The van der Waals surface area contributed by atoms with E-state index in [1.54, 1.807) is 7.11 Å². The minimum absolute atomic E-state index is 0.0119. The zero-order valence-corrected chi connectivity index (χ0v) is 13.0. The Hall–Kier alpha value is -1.09. The molecule has 0 amide bonds. The van der Waals surface area contributed by atoms with Crippen molar-refractivity contribution in [3.8, 4) is 5.75 Å². The molecule has 0 spiro atoms. The topological polar surface area (TPSA) is 35.2 Å². The monoisotopic (exact) mass is 291 g/mol. The van der Waals surface area contributed by atoms with E-state index < -0.39 is 0 Å². The van der Waals surface area contributed by atoms with Crippen LogP contribution in [0.25, 0.3) is 0 Å². The second-order valence-electron chi connectivity index (χ2n) is 6.65. The molecule has 0 bridgehead atoms. The third kappa shape index (κ3) is 2.46. The van der Waals surface area contributed by atoms with Gasteiger partial charge in [0.1, 0.15) is 11.6 Å². The van der Waals surface area contributed by atoms with Crippen LogP contribution < -0.4 is 10.5 Å². The number of fused-ring (bicyclic) bond motifs is 1. The molecule has 0 aromatic heterocycles. The summed E-state index contributed by atoms with van der Waals surface area (Å²) >= 11 is 0. The summed E-state index contributed by atoms with van der Waals surface area (Å²) in [5.41, 5.74) is 8.73. The number of benzene rings is 1. The number of nitrogens with two attached hydrogens (primary N) is 1. The van der Waals surface area contributed by atoms with E-state index in [1.807, 2.05) is 6.07 Å². The highest BCUT2D eigenvalue weighted by molar-refractivity contribution is 5.49. The summed E-state index contributed by atoms with van der Waals surface area (Å²) in [6.07, 6.45) is 9.52. The molecule has 2 aliphatic rings. The summed E-state index contributed by atoms with van der Waals surface area (Å²) in [4.78, 5) is 0. The van der Waals surface area contributed by atoms with Crippen LogP contribution in [0.1, 0.15) is 61.6 Å². The van der Waals surface area contributed by atoms with Gasteiger partial charge in [-0.15, -0.1) is 0 Å². The molecule has 1 aromatic rings. The van der Waals surface area contributed by atoms with Crippen LogP contribution in [0.2, 0.25) is 0 Å². The van der Waals surface area contributed by atoms with E-state index in [0.717, 1.165) is 73.8 Å². The number of methoxy groups -OCH3 is 1. The summed E-state index contributed by atoms with van der Waals surface area (Å²) in [6.45, 7) is 0.534. The quantitative estimate of drug-likeness (QED) is 0.917. The van der Waals surface area contributed by atoms with Crippen LogP contribution in [0.15, 0.2) is 6.07 Å². The first-order valence-electron chi connectivity index (χ1n) is 8.30. The summed E-state index contributed by atoms with van der Waals surface area (Å²) in [6, 6.07) is 1.96. The lowest BCUT2D eigenvalue weighted by Gasteiger charge is -2.38. The molecule has 0 unspecified atom stereocenters. The molecule has 0 atom stereocenters. The molecule has 21 heavy (non-hydrogen) atoms. The maximum atomic E-state index is 15.2. The highest BCUT2D eigenvalue weighted by Crippen LogP contribution is 2.44. The predicted molar refractivity (Wildman–Crippen MR) is 83.4 cm³/mol. The number of ether oxygens (including phenoxy) is 1. The molecule has 0 aliphatic heterocycles. The van der Waals surface area contributed by atoms with Crippen molar-refractivity contribution in [1.82, 2.24) is 0 Å². The van der Waals surface area contributed by atoms with Crippen molar-refractivity contribution in [3.63, 3.8) is 0 Å². The summed E-state index contributed by atoms with van der Waals surface area (Å²) in [7, 11) is 1.70. The molecule has 2 aliphatic carbocycles. The number of rotatable bonds is 3. The van der Waals surface area contributed by atoms with E-state index >= 15 is 4.39 Å². The molecule has 2 N–H and O–H groups in total. The first-order valence-corrected chi connectivity index (χ1v) is 8.30. The number of hydrogen-bond acceptors (Lipinski definition) is 2. The third-order valence-corrected chi connectivity index (χ3v) is 5.53.